The van der Waals surface area contributed by atoms with E-state index in [0.717, 1.165) is 4.47 Å². The molecule has 0 aromatic heterocycles. The number of hydrogen-bond acceptors (Lipinski definition) is 3. The first-order valence-corrected chi connectivity index (χ1v) is 7.38. The number of benzene rings is 2. The average Bonchev–Trinajstić information content (AvgIpc) is 2.41. The monoisotopic (exact) mass is 418 g/mol. The van der Waals surface area contributed by atoms with Gasteiger partial charge in [-0.25, -0.2) is 0 Å². The van der Waals surface area contributed by atoms with Crippen molar-refractivity contribution in [1.82, 2.24) is 0 Å². The van der Waals surface area contributed by atoms with Crippen molar-refractivity contribution in [3.63, 3.8) is 0 Å². The molecule has 0 saturated heterocycles. The summed E-state index contributed by atoms with van der Waals surface area (Å²) >= 11 is 12.8. The molecule has 0 atom stereocenters. The van der Waals surface area contributed by atoms with Gasteiger partial charge in [-0.2, -0.15) is 0 Å². The minimum atomic E-state index is 0.0186. The lowest BCUT2D eigenvalue weighted by molar-refractivity contribution is 0.318. The Morgan fingerprint density at radius 2 is 1.95 bits per heavy atom. The van der Waals surface area contributed by atoms with Crippen LogP contribution in [0.15, 0.2) is 50.5 Å². The Hall–Kier alpha value is -1.24. The van der Waals surface area contributed by atoms with E-state index in [1.807, 2.05) is 6.07 Å². The van der Waals surface area contributed by atoms with Gasteiger partial charge in [0.2, 0.25) is 0 Å². The van der Waals surface area contributed by atoms with E-state index < -0.39 is 0 Å². The maximum Gasteiger partial charge on any atom is 0.171 e. The number of nitrogens with two attached hydrogens (primary N) is 1. The number of amidine groups is 1. The second-order valence-corrected chi connectivity index (χ2v) is 5.98. The van der Waals surface area contributed by atoms with Crippen LogP contribution in [0.4, 0.5) is 0 Å². The van der Waals surface area contributed by atoms with E-state index in [-0.39, 0.29) is 5.84 Å². The molecule has 0 bridgehead atoms. The van der Waals surface area contributed by atoms with Crippen LogP contribution in [0.1, 0.15) is 5.56 Å². The first kappa shape index (κ1) is 15.2. The van der Waals surface area contributed by atoms with Gasteiger partial charge in [-0.1, -0.05) is 32.7 Å². The molecule has 0 aliphatic rings. The van der Waals surface area contributed by atoms with Crippen molar-refractivity contribution in [2.75, 3.05) is 0 Å². The van der Waals surface area contributed by atoms with Crippen LogP contribution in [-0.4, -0.2) is 11.0 Å². The summed E-state index contributed by atoms with van der Waals surface area (Å²) in [6.07, 6.45) is 0. The summed E-state index contributed by atoms with van der Waals surface area (Å²) in [5, 5.41) is 12.1. The molecule has 104 valence electrons. The molecule has 7 heteroatoms. The molecule has 2 rings (SSSR count). The van der Waals surface area contributed by atoms with E-state index >= 15 is 0 Å². The van der Waals surface area contributed by atoms with E-state index in [1.165, 1.54) is 0 Å². The van der Waals surface area contributed by atoms with Gasteiger partial charge >= 0.3 is 0 Å². The highest BCUT2D eigenvalue weighted by atomic mass is 79.9. The van der Waals surface area contributed by atoms with Crippen molar-refractivity contribution in [3.05, 3.63) is 55.9 Å². The molecular weight excluding hydrogens is 411 g/mol. The van der Waals surface area contributed by atoms with Gasteiger partial charge in [0.1, 0.15) is 11.5 Å². The van der Waals surface area contributed by atoms with Crippen LogP contribution in [0.2, 0.25) is 5.02 Å². The Kier molecular flexibility index (Phi) is 4.91. The number of hydrogen-bond donors (Lipinski definition) is 2. The molecule has 0 aliphatic heterocycles. The molecule has 0 saturated carbocycles. The van der Waals surface area contributed by atoms with E-state index in [1.54, 1.807) is 30.3 Å². The van der Waals surface area contributed by atoms with E-state index in [2.05, 4.69) is 37.0 Å². The van der Waals surface area contributed by atoms with Crippen molar-refractivity contribution >= 4 is 49.3 Å². The molecule has 2 aromatic carbocycles. The fourth-order valence-corrected chi connectivity index (χ4v) is 2.78. The van der Waals surface area contributed by atoms with Gasteiger partial charge in [0.05, 0.1) is 5.02 Å². The largest absolute Gasteiger partial charge is 0.456 e. The highest BCUT2D eigenvalue weighted by Crippen LogP contribution is 2.33. The summed E-state index contributed by atoms with van der Waals surface area (Å²) < 4.78 is 7.21. The third-order valence-electron chi connectivity index (χ3n) is 2.45. The van der Waals surface area contributed by atoms with Crippen LogP contribution >= 0.6 is 43.5 Å². The Balaban J connectivity index is 2.29. The molecule has 0 spiro atoms. The normalized spacial score (nSPS) is 11.4. The number of ether oxygens (including phenoxy) is 1. The number of oxime groups is 1. The van der Waals surface area contributed by atoms with Crippen molar-refractivity contribution in [2.24, 2.45) is 10.9 Å². The van der Waals surface area contributed by atoms with Crippen molar-refractivity contribution < 1.29 is 9.94 Å². The van der Waals surface area contributed by atoms with Gasteiger partial charge in [-0.05, 0) is 52.3 Å². The Morgan fingerprint density at radius 3 is 2.55 bits per heavy atom. The maximum atomic E-state index is 8.67. The molecule has 0 heterocycles. The zero-order valence-corrected chi connectivity index (χ0v) is 13.9. The minimum absolute atomic E-state index is 0.0186. The van der Waals surface area contributed by atoms with Crippen LogP contribution in [0, 0.1) is 0 Å². The number of nitrogens with zero attached hydrogens (tertiary/aromatic N) is 1. The molecule has 20 heavy (non-hydrogen) atoms. The SMILES string of the molecule is N/C(=N/O)c1ccc(Oc2ccc(Br)cc2Cl)cc1Br. The van der Waals surface area contributed by atoms with E-state index in [4.69, 9.17) is 27.3 Å². The second kappa shape index (κ2) is 6.47. The molecule has 2 aromatic rings. The van der Waals surface area contributed by atoms with Crippen LogP contribution in [0.25, 0.3) is 0 Å². The van der Waals surface area contributed by atoms with Crippen molar-refractivity contribution in [2.45, 2.75) is 0 Å². The van der Waals surface area contributed by atoms with Gasteiger partial charge in [0.25, 0.3) is 0 Å². The first-order valence-electron chi connectivity index (χ1n) is 5.41. The molecule has 0 radical (unpaired) electrons. The highest BCUT2D eigenvalue weighted by molar-refractivity contribution is 9.10. The minimum Gasteiger partial charge on any atom is -0.456 e. The summed E-state index contributed by atoms with van der Waals surface area (Å²) in [5.41, 5.74) is 6.11. The third kappa shape index (κ3) is 3.45. The lowest BCUT2D eigenvalue weighted by Gasteiger charge is -2.10. The summed E-state index contributed by atoms with van der Waals surface area (Å²) in [6.45, 7) is 0. The molecule has 0 unspecified atom stereocenters. The lowest BCUT2D eigenvalue weighted by Crippen LogP contribution is -2.13. The predicted octanol–water partition coefficient (Wildman–Crippen LogP) is 4.75. The summed E-state index contributed by atoms with van der Waals surface area (Å²) in [7, 11) is 0. The molecule has 3 N–H and O–H groups in total. The smallest absolute Gasteiger partial charge is 0.171 e. The Morgan fingerprint density at radius 1 is 1.20 bits per heavy atom. The highest BCUT2D eigenvalue weighted by Gasteiger charge is 2.09. The van der Waals surface area contributed by atoms with Crippen LogP contribution in [-0.2, 0) is 0 Å². The summed E-state index contributed by atoms with van der Waals surface area (Å²) in [4.78, 5) is 0. The first-order chi connectivity index (χ1) is 9.51. The van der Waals surface area contributed by atoms with Crippen molar-refractivity contribution in [3.8, 4) is 11.5 Å². The zero-order chi connectivity index (χ0) is 14.7. The summed E-state index contributed by atoms with van der Waals surface area (Å²) in [6, 6.07) is 10.4. The van der Waals surface area contributed by atoms with Gasteiger partial charge in [-0.15, -0.1) is 0 Å². The van der Waals surface area contributed by atoms with E-state index in [0.29, 0.717) is 26.6 Å². The number of halogens is 3. The van der Waals surface area contributed by atoms with E-state index in [9.17, 15) is 0 Å². The molecule has 4 nitrogen and oxygen atoms in total. The fraction of sp³-hybridized carbons (Fsp3) is 0. The van der Waals surface area contributed by atoms with Crippen LogP contribution < -0.4 is 10.5 Å². The molecule has 0 amide bonds. The quantitative estimate of drug-likeness (QED) is 0.326. The fourth-order valence-electron chi connectivity index (χ4n) is 1.51. The number of rotatable bonds is 3. The van der Waals surface area contributed by atoms with Crippen molar-refractivity contribution in [1.29, 1.82) is 0 Å². The maximum absolute atomic E-state index is 8.67. The van der Waals surface area contributed by atoms with Gasteiger partial charge in [0, 0.05) is 14.5 Å². The predicted molar refractivity (Wildman–Crippen MR) is 85.9 cm³/mol. The molecule has 0 aliphatic carbocycles. The average molecular weight is 420 g/mol. The molecule has 0 fully saturated rings. The summed E-state index contributed by atoms with van der Waals surface area (Å²) in [5.74, 6) is 1.14. The Bertz CT molecular complexity index is 677. The topological polar surface area (TPSA) is 67.8 Å². The Labute approximate surface area is 137 Å². The molecular formula is C13H9Br2ClN2O2. The van der Waals surface area contributed by atoms with Gasteiger partial charge in [0.15, 0.2) is 5.84 Å². The lowest BCUT2D eigenvalue weighted by atomic mass is 10.2. The van der Waals surface area contributed by atoms with Gasteiger partial charge in [-0.3, -0.25) is 0 Å². The van der Waals surface area contributed by atoms with Crippen LogP contribution in [0.3, 0.4) is 0 Å². The second-order valence-electron chi connectivity index (χ2n) is 3.80. The standard InChI is InChI=1S/C13H9Br2ClN2O2/c14-7-1-4-12(11(16)5-7)20-8-2-3-9(10(15)6-8)13(17)18-19/h1-6,19H,(H2,17,18). The van der Waals surface area contributed by atoms with Gasteiger partial charge < -0.3 is 15.7 Å². The third-order valence-corrected chi connectivity index (χ3v) is 3.89. The van der Waals surface area contributed by atoms with Crippen LogP contribution in [0.5, 0.6) is 11.5 Å². The zero-order valence-electron chi connectivity index (χ0n) is 9.98.